The van der Waals surface area contributed by atoms with E-state index in [9.17, 15) is 4.79 Å². The number of carbonyl (C=O) groups is 1. The molecule has 0 spiro atoms. The van der Waals surface area contributed by atoms with Crippen molar-refractivity contribution < 1.29 is 9.69 Å². The Morgan fingerprint density at radius 2 is 2.36 bits per heavy atom. The van der Waals surface area contributed by atoms with Crippen LogP contribution in [-0.4, -0.2) is 23.6 Å². The second-order valence-electron chi connectivity index (χ2n) is 6.63. The third kappa shape index (κ3) is 1.96. The van der Waals surface area contributed by atoms with Crippen molar-refractivity contribution in [2.75, 3.05) is 13.1 Å². The molecule has 2 atom stereocenters. The lowest BCUT2D eigenvalue weighted by Gasteiger charge is -2.36. The maximum absolute atomic E-state index is 11.7. The lowest BCUT2D eigenvalue weighted by molar-refractivity contribution is -0.929. The lowest BCUT2D eigenvalue weighted by atomic mass is 9.89. The summed E-state index contributed by atoms with van der Waals surface area (Å²) in [6.07, 6.45) is 3.53. The van der Waals surface area contributed by atoms with Gasteiger partial charge in [-0.3, -0.25) is 10.2 Å². The first-order chi connectivity index (χ1) is 10.7. The number of hydrazine groups is 1. The van der Waals surface area contributed by atoms with Gasteiger partial charge in [-0.25, -0.2) is 5.84 Å². The van der Waals surface area contributed by atoms with Gasteiger partial charge in [0.2, 0.25) is 0 Å². The number of hydrogen-bond acceptors (Lipinski definition) is 2. The van der Waals surface area contributed by atoms with Crippen LogP contribution in [0.15, 0.2) is 18.2 Å². The van der Waals surface area contributed by atoms with Gasteiger partial charge in [-0.2, -0.15) is 0 Å². The standard InChI is InChI=1S/C17H22N4O/c1-11-5-6-14-13(9-11)12-3-2-4-15-17(12)21(14)8-7-20(15)10-16(22)19-18/h5-6,9,15H,2-4,7-8,10,18H2,1H3,(H,19,22)/p+1/t15-/m1/s1. The molecule has 2 aliphatic rings. The quantitative estimate of drug-likeness (QED) is 0.422. The van der Waals surface area contributed by atoms with Crippen LogP contribution >= 0.6 is 0 Å². The van der Waals surface area contributed by atoms with Gasteiger partial charge in [0.05, 0.1) is 18.8 Å². The number of carbonyl (C=O) groups excluding carboxylic acids is 1. The van der Waals surface area contributed by atoms with E-state index in [4.69, 9.17) is 5.84 Å². The fourth-order valence-corrected chi connectivity index (χ4v) is 4.38. The highest BCUT2D eigenvalue weighted by Gasteiger charge is 2.38. The first-order valence-electron chi connectivity index (χ1n) is 8.14. The summed E-state index contributed by atoms with van der Waals surface area (Å²) in [6, 6.07) is 7.22. The number of nitrogens with two attached hydrogens (primary N) is 1. The smallest absolute Gasteiger partial charge is 0.289 e. The normalized spacial score (nSPS) is 23.4. The minimum absolute atomic E-state index is 0.0671. The molecule has 5 nitrogen and oxygen atoms in total. The summed E-state index contributed by atoms with van der Waals surface area (Å²) in [5, 5.41) is 1.42. The summed E-state index contributed by atoms with van der Waals surface area (Å²) < 4.78 is 2.50. The molecule has 22 heavy (non-hydrogen) atoms. The first-order valence-corrected chi connectivity index (χ1v) is 8.14. The Labute approximate surface area is 130 Å². The van der Waals surface area contributed by atoms with E-state index < -0.39 is 0 Å². The number of rotatable bonds is 2. The predicted molar refractivity (Wildman–Crippen MR) is 85.4 cm³/mol. The maximum atomic E-state index is 11.7. The third-order valence-corrected chi connectivity index (χ3v) is 5.32. The van der Waals surface area contributed by atoms with E-state index in [2.05, 4.69) is 35.1 Å². The van der Waals surface area contributed by atoms with E-state index in [-0.39, 0.29) is 5.91 Å². The zero-order valence-corrected chi connectivity index (χ0v) is 13.0. The van der Waals surface area contributed by atoms with Gasteiger partial charge in [0.15, 0.2) is 6.54 Å². The summed E-state index contributed by atoms with van der Waals surface area (Å²) in [5.74, 6) is 5.21. The van der Waals surface area contributed by atoms with Gasteiger partial charge < -0.3 is 9.47 Å². The average Bonchev–Trinajstić information content (AvgIpc) is 2.85. The Kier molecular flexibility index (Phi) is 3.20. The summed E-state index contributed by atoms with van der Waals surface area (Å²) in [7, 11) is 0. The lowest BCUT2D eigenvalue weighted by Crippen LogP contribution is -3.14. The molecule has 2 heterocycles. The number of aromatic nitrogens is 1. The van der Waals surface area contributed by atoms with Gasteiger partial charge in [0, 0.05) is 17.3 Å². The van der Waals surface area contributed by atoms with E-state index in [0.717, 1.165) is 25.9 Å². The van der Waals surface area contributed by atoms with E-state index in [1.165, 1.54) is 39.0 Å². The molecule has 0 fully saturated rings. The SMILES string of the molecule is Cc1ccc2c(c1)c1c3n2CC[NH+](CC(=O)NN)[C@@H]3CCC1. The number of benzene rings is 1. The van der Waals surface area contributed by atoms with Crippen molar-refractivity contribution in [2.45, 2.75) is 38.8 Å². The van der Waals surface area contributed by atoms with Crippen molar-refractivity contribution in [3.05, 3.63) is 35.0 Å². The molecular formula is C17H23N4O+. The Hall–Kier alpha value is -1.85. The summed E-state index contributed by atoms with van der Waals surface area (Å²) >= 11 is 0. The second-order valence-corrected chi connectivity index (χ2v) is 6.63. The average molecular weight is 299 g/mol. The second kappa shape index (κ2) is 5.11. The molecule has 2 aromatic rings. The monoisotopic (exact) mass is 299 g/mol. The van der Waals surface area contributed by atoms with Gasteiger partial charge in [0.25, 0.3) is 5.91 Å². The Morgan fingerprint density at radius 1 is 1.50 bits per heavy atom. The molecule has 1 aliphatic carbocycles. The minimum Gasteiger partial charge on any atom is -0.334 e. The molecule has 0 radical (unpaired) electrons. The van der Waals surface area contributed by atoms with Gasteiger partial charge in [-0.05, 0) is 37.5 Å². The van der Waals surface area contributed by atoms with E-state index >= 15 is 0 Å². The number of hydrogen-bond donors (Lipinski definition) is 3. The molecule has 1 aromatic carbocycles. The third-order valence-electron chi connectivity index (χ3n) is 5.32. The van der Waals surface area contributed by atoms with E-state index in [1.807, 2.05) is 0 Å². The molecule has 0 bridgehead atoms. The van der Waals surface area contributed by atoms with Crippen molar-refractivity contribution in [1.82, 2.24) is 9.99 Å². The van der Waals surface area contributed by atoms with Crippen LogP contribution in [0.2, 0.25) is 0 Å². The fourth-order valence-electron chi connectivity index (χ4n) is 4.38. The first kappa shape index (κ1) is 13.8. The van der Waals surface area contributed by atoms with Gasteiger partial charge in [-0.15, -0.1) is 0 Å². The largest absolute Gasteiger partial charge is 0.334 e. The molecule has 0 saturated heterocycles. The van der Waals surface area contributed by atoms with Crippen molar-refractivity contribution in [1.29, 1.82) is 0 Å². The summed E-state index contributed by atoms with van der Waals surface area (Å²) in [4.78, 5) is 13.1. The van der Waals surface area contributed by atoms with Gasteiger partial charge >= 0.3 is 0 Å². The maximum Gasteiger partial charge on any atom is 0.289 e. The number of amides is 1. The van der Waals surface area contributed by atoms with Crippen LogP contribution in [0.1, 0.15) is 35.7 Å². The van der Waals surface area contributed by atoms with Crippen molar-refractivity contribution in [3.8, 4) is 0 Å². The van der Waals surface area contributed by atoms with E-state index in [1.54, 1.807) is 0 Å². The van der Waals surface area contributed by atoms with Crippen LogP contribution in [0.3, 0.4) is 0 Å². The summed E-state index contributed by atoms with van der Waals surface area (Å²) in [5.41, 5.74) is 7.95. The van der Waals surface area contributed by atoms with Crippen LogP contribution in [0, 0.1) is 6.92 Å². The zero-order valence-electron chi connectivity index (χ0n) is 13.0. The Balaban J connectivity index is 1.83. The molecule has 1 aliphatic heterocycles. The number of fused-ring (bicyclic) bond motifs is 3. The molecule has 5 heteroatoms. The van der Waals surface area contributed by atoms with Crippen LogP contribution in [-0.2, 0) is 17.8 Å². The van der Waals surface area contributed by atoms with Crippen LogP contribution in [0.25, 0.3) is 10.9 Å². The topological polar surface area (TPSA) is 64.5 Å². The van der Waals surface area contributed by atoms with Crippen molar-refractivity contribution in [3.63, 3.8) is 0 Å². The van der Waals surface area contributed by atoms with Gasteiger partial charge in [-0.1, -0.05) is 11.6 Å². The van der Waals surface area contributed by atoms with Crippen LogP contribution < -0.4 is 16.2 Å². The van der Waals surface area contributed by atoms with Crippen molar-refractivity contribution in [2.24, 2.45) is 5.84 Å². The highest BCUT2D eigenvalue weighted by atomic mass is 16.2. The molecule has 1 unspecified atom stereocenters. The molecule has 1 amide bonds. The molecule has 1 aromatic heterocycles. The minimum atomic E-state index is -0.0671. The number of aryl methyl sites for hydroxylation is 2. The predicted octanol–water partition coefficient (Wildman–Crippen LogP) is 0.216. The molecule has 0 saturated carbocycles. The summed E-state index contributed by atoms with van der Waals surface area (Å²) in [6.45, 7) is 4.61. The molecule has 4 N–H and O–H groups in total. The van der Waals surface area contributed by atoms with Crippen LogP contribution in [0.4, 0.5) is 0 Å². The number of nitrogens with one attached hydrogen (secondary N) is 2. The number of quaternary nitrogens is 1. The van der Waals surface area contributed by atoms with Crippen LogP contribution in [0.5, 0.6) is 0 Å². The fraction of sp³-hybridized carbons (Fsp3) is 0.471. The zero-order chi connectivity index (χ0) is 15.3. The number of nitrogens with zero attached hydrogens (tertiary/aromatic N) is 1. The Morgan fingerprint density at radius 3 is 3.18 bits per heavy atom. The molecule has 4 rings (SSSR count). The highest BCUT2D eigenvalue weighted by molar-refractivity contribution is 5.87. The van der Waals surface area contributed by atoms with Crippen molar-refractivity contribution >= 4 is 16.8 Å². The van der Waals surface area contributed by atoms with E-state index in [0.29, 0.717) is 12.6 Å². The van der Waals surface area contributed by atoms with Gasteiger partial charge in [0.1, 0.15) is 6.04 Å². The Bertz CT molecular complexity index is 749. The molecular weight excluding hydrogens is 276 g/mol. The highest BCUT2D eigenvalue weighted by Crippen LogP contribution is 2.37. The molecule has 116 valence electrons.